The summed E-state index contributed by atoms with van der Waals surface area (Å²) in [7, 11) is 0. The van der Waals surface area contributed by atoms with Crippen molar-refractivity contribution in [3.8, 4) is 5.75 Å². The molecule has 1 N–H and O–H groups in total. The summed E-state index contributed by atoms with van der Waals surface area (Å²) < 4.78 is 6.93. The van der Waals surface area contributed by atoms with E-state index in [1.54, 1.807) is 0 Å². The highest BCUT2D eigenvalue weighted by molar-refractivity contribution is 9.10. The van der Waals surface area contributed by atoms with Gasteiger partial charge < -0.3 is 10.1 Å². The van der Waals surface area contributed by atoms with Gasteiger partial charge in [-0.3, -0.25) is 4.79 Å². The van der Waals surface area contributed by atoms with Crippen LogP contribution in [0.2, 0.25) is 0 Å². The zero-order chi connectivity index (χ0) is 13.9. The number of hydrogen-bond donors (Lipinski definition) is 1. The Morgan fingerprint density at radius 3 is 2.75 bits per heavy atom. The number of rotatable bonds is 3. The largest absolute Gasteiger partial charge is 0.489 e. The summed E-state index contributed by atoms with van der Waals surface area (Å²) in [6.45, 7) is 1.18. The summed E-state index contributed by atoms with van der Waals surface area (Å²) in [5.41, 5.74) is 2.84. The van der Waals surface area contributed by atoms with Gasteiger partial charge >= 0.3 is 0 Å². The zero-order valence-corrected chi connectivity index (χ0v) is 12.4. The molecular formula is C16H14BrNO2. The minimum Gasteiger partial charge on any atom is -0.489 e. The summed E-state index contributed by atoms with van der Waals surface area (Å²) in [6, 6.07) is 13.7. The maximum Gasteiger partial charge on any atom is 0.251 e. The van der Waals surface area contributed by atoms with Gasteiger partial charge in [0.1, 0.15) is 12.4 Å². The van der Waals surface area contributed by atoms with Crippen molar-refractivity contribution in [2.75, 3.05) is 6.54 Å². The number of hydrogen-bond acceptors (Lipinski definition) is 2. The molecular weight excluding hydrogens is 318 g/mol. The predicted molar refractivity (Wildman–Crippen MR) is 81.0 cm³/mol. The number of amides is 1. The van der Waals surface area contributed by atoms with E-state index in [9.17, 15) is 4.79 Å². The van der Waals surface area contributed by atoms with Crippen LogP contribution in [0, 0.1) is 0 Å². The van der Waals surface area contributed by atoms with Crippen LogP contribution in [0.1, 0.15) is 21.5 Å². The summed E-state index contributed by atoms with van der Waals surface area (Å²) in [5, 5.41) is 2.85. The van der Waals surface area contributed by atoms with Crippen LogP contribution in [0.3, 0.4) is 0 Å². The average Bonchev–Trinajstić information content (AvgIpc) is 2.47. The Morgan fingerprint density at radius 1 is 1.15 bits per heavy atom. The molecule has 0 unspecified atom stereocenters. The molecule has 0 atom stereocenters. The average molecular weight is 332 g/mol. The lowest BCUT2D eigenvalue weighted by atomic mass is 9.99. The fourth-order valence-electron chi connectivity index (χ4n) is 2.31. The number of nitrogens with one attached hydrogen (secondary N) is 1. The van der Waals surface area contributed by atoms with Crippen LogP contribution in [0.15, 0.2) is 46.9 Å². The van der Waals surface area contributed by atoms with Gasteiger partial charge in [0, 0.05) is 22.1 Å². The van der Waals surface area contributed by atoms with E-state index in [0.717, 1.165) is 33.3 Å². The number of ether oxygens (including phenoxy) is 1. The van der Waals surface area contributed by atoms with Crippen molar-refractivity contribution in [1.82, 2.24) is 5.32 Å². The van der Waals surface area contributed by atoms with Crippen LogP contribution in [-0.4, -0.2) is 12.5 Å². The molecule has 0 aromatic heterocycles. The third kappa shape index (κ3) is 2.70. The van der Waals surface area contributed by atoms with E-state index >= 15 is 0 Å². The molecule has 2 aromatic carbocycles. The number of carbonyl (C=O) groups is 1. The molecule has 20 heavy (non-hydrogen) atoms. The van der Waals surface area contributed by atoms with Crippen LogP contribution >= 0.6 is 15.9 Å². The van der Waals surface area contributed by atoms with Gasteiger partial charge in [0.2, 0.25) is 0 Å². The van der Waals surface area contributed by atoms with Crippen molar-refractivity contribution in [3.63, 3.8) is 0 Å². The second-order valence-electron chi connectivity index (χ2n) is 4.70. The van der Waals surface area contributed by atoms with E-state index in [0.29, 0.717) is 13.2 Å². The van der Waals surface area contributed by atoms with Gasteiger partial charge in [-0.1, -0.05) is 34.1 Å². The Morgan fingerprint density at radius 2 is 1.95 bits per heavy atom. The Hall–Kier alpha value is -1.81. The lowest BCUT2D eigenvalue weighted by Crippen LogP contribution is -2.32. The van der Waals surface area contributed by atoms with Gasteiger partial charge in [0.05, 0.1) is 0 Å². The highest BCUT2D eigenvalue weighted by Crippen LogP contribution is 2.26. The molecule has 0 spiro atoms. The van der Waals surface area contributed by atoms with Crippen molar-refractivity contribution in [1.29, 1.82) is 0 Å². The number of benzene rings is 2. The molecule has 2 aromatic rings. The molecule has 4 heteroatoms. The molecule has 0 saturated carbocycles. The first-order valence-electron chi connectivity index (χ1n) is 6.51. The molecule has 3 nitrogen and oxygen atoms in total. The Bertz CT molecular complexity index is 637. The molecule has 1 aliphatic heterocycles. The molecule has 1 heterocycles. The lowest BCUT2D eigenvalue weighted by Gasteiger charge is -2.19. The van der Waals surface area contributed by atoms with Crippen molar-refractivity contribution >= 4 is 21.8 Å². The van der Waals surface area contributed by atoms with Gasteiger partial charge in [-0.05, 0) is 36.2 Å². The van der Waals surface area contributed by atoms with Crippen LogP contribution in [-0.2, 0) is 13.0 Å². The fourth-order valence-corrected chi connectivity index (χ4v) is 2.57. The predicted octanol–water partition coefficient (Wildman–Crippen LogP) is 3.31. The summed E-state index contributed by atoms with van der Waals surface area (Å²) in [4.78, 5) is 11.8. The highest BCUT2D eigenvalue weighted by atomic mass is 79.9. The number of fused-ring (bicyclic) bond motifs is 1. The minimum atomic E-state index is -0.0136. The monoisotopic (exact) mass is 331 g/mol. The molecule has 102 valence electrons. The van der Waals surface area contributed by atoms with E-state index in [1.807, 2.05) is 42.5 Å². The van der Waals surface area contributed by atoms with E-state index in [-0.39, 0.29) is 5.91 Å². The van der Waals surface area contributed by atoms with Crippen molar-refractivity contribution in [2.24, 2.45) is 0 Å². The Balaban J connectivity index is 1.79. The first-order valence-corrected chi connectivity index (χ1v) is 7.30. The van der Waals surface area contributed by atoms with Crippen LogP contribution < -0.4 is 10.1 Å². The SMILES string of the molecule is O=C1NCCc2c(OCc3ccc(Br)cc3)cccc21. The van der Waals surface area contributed by atoms with Crippen molar-refractivity contribution < 1.29 is 9.53 Å². The van der Waals surface area contributed by atoms with E-state index in [4.69, 9.17) is 4.74 Å². The van der Waals surface area contributed by atoms with Gasteiger partial charge in [-0.2, -0.15) is 0 Å². The van der Waals surface area contributed by atoms with Gasteiger partial charge in [0.25, 0.3) is 5.91 Å². The van der Waals surface area contributed by atoms with Gasteiger partial charge in [-0.15, -0.1) is 0 Å². The standard InChI is InChI=1S/C16H14BrNO2/c17-12-6-4-11(5-7-12)10-20-15-3-1-2-14-13(15)8-9-18-16(14)19/h1-7H,8-10H2,(H,18,19). The quantitative estimate of drug-likeness (QED) is 0.936. The molecule has 0 aliphatic carbocycles. The normalized spacial score (nSPS) is 13.6. The maximum atomic E-state index is 11.8. The van der Waals surface area contributed by atoms with E-state index < -0.39 is 0 Å². The van der Waals surface area contributed by atoms with Gasteiger partial charge in [-0.25, -0.2) is 0 Å². The van der Waals surface area contributed by atoms with Crippen LogP contribution in [0.5, 0.6) is 5.75 Å². The molecule has 3 rings (SSSR count). The van der Waals surface area contributed by atoms with Gasteiger partial charge in [0.15, 0.2) is 0 Å². The molecule has 1 amide bonds. The zero-order valence-electron chi connectivity index (χ0n) is 10.9. The topological polar surface area (TPSA) is 38.3 Å². The van der Waals surface area contributed by atoms with Crippen LogP contribution in [0.25, 0.3) is 0 Å². The molecule has 0 radical (unpaired) electrons. The van der Waals surface area contributed by atoms with Crippen molar-refractivity contribution in [3.05, 3.63) is 63.6 Å². The summed E-state index contributed by atoms with van der Waals surface area (Å²) >= 11 is 3.41. The Kier molecular flexibility index (Phi) is 3.74. The third-order valence-electron chi connectivity index (χ3n) is 3.35. The van der Waals surface area contributed by atoms with Crippen molar-refractivity contribution in [2.45, 2.75) is 13.0 Å². The number of halogens is 1. The maximum absolute atomic E-state index is 11.8. The molecule has 1 aliphatic rings. The highest BCUT2D eigenvalue weighted by Gasteiger charge is 2.19. The van der Waals surface area contributed by atoms with E-state index in [2.05, 4.69) is 21.2 Å². The smallest absolute Gasteiger partial charge is 0.251 e. The second-order valence-corrected chi connectivity index (χ2v) is 5.62. The first-order chi connectivity index (χ1) is 9.74. The van der Waals surface area contributed by atoms with E-state index in [1.165, 1.54) is 0 Å². The third-order valence-corrected chi connectivity index (χ3v) is 3.87. The molecule has 0 bridgehead atoms. The summed E-state index contributed by atoms with van der Waals surface area (Å²) in [6.07, 6.45) is 0.817. The second kappa shape index (κ2) is 5.67. The first kappa shape index (κ1) is 13.2. The number of carbonyl (C=O) groups excluding carboxylic acids is 1. The fraction of sp³-hybridized carbons (Fsp3) is 0.188. The molecule has 0 saturated heterocycles. The van der Waals surface area contributed by atoms with Crippen LogP contribution in [0.4, 0.5) is 0 Å². The summed E-state index contributed by atoms with van der Waals surface area (Å²) in [5.74, 6) is 0.792. The minimum absolute atomic E-state index is 0.0136. The molecule has 0 fully saturated rings. The Labute approximate surface area is 126 Å². The lowest BCUT2D eigenvalue weighted by molar-refractivity contribution is 0.0945.